The topological polar surface area (TPSA) is 345 Å². The molecule has 8 N–H and O–H groups in total. The Kier molecular flexibility index (Phi) is 21.6. The Morgan fingerprint density at radius 1 is 0.256 bits per heavy atom. The zero-order valence-corrected chi connectivity index (χ0v) is 43.5. The largest absolute Gasteiger partial charge is 0.490 e. The first-order chi connectivity index (χ1) is 39.2. The van der Waals surface area contributed by atoms with E-state index in [0.717, 1.165) is 49.1 Å². The standard InChI is InChI=1S/C61H54O21/c62-54(63)41-20-42(55(64)65)25-50(24-41)79-32-37-14-36(15-38(16-37)33-80-51-26-43(56(66)67)21-44(27-51)57(68)69)12-10-8-6-4-2-1-3-5-7-9-11-13-78-49-18-39(34-81-52-28-45(58(70)71)22-46(29-52)59(72)73)17-40(19-49)35-82-53-30-47(60(74)75)23-48(31-53)61(76)77/h1,3,6,8-9,11,14-31H,2,4-5,7,10,12-13,32-35H2,(H,62,63)(H,64,65)(H,66,67)(H,68,69)(H,70,71)(H,72,73)(H,74,75)(H,76,77)/b3-1+,8-6+,11-9+. The van der Waals surface area contributed by atoms with Gasteiger partial charge in [-0.05, 0) is 163 Å². The molecule has 0 aromatic heterocycles. The second-order valence-electron chi connectivity index (χ2n) is 18.1. The predicted octanol–water partition coefficient (Wildman–Crippen LogP) is 10.8. The van der Waals surface area contributed by atoms with E-state index in [4.69, 9.17) is 23.7 Å². The molecule has 6 aromatic carbocycles. The molecule has 0 aliphatic rings. The van der Waals surface area contributed by atoms with Gasteiger partial charge in [0.1, 0.15) is 61.8 Å². The minimum absolute atomic E-state index is 0.0122. The number of carbonyl (C=O) groups is 8. The Labute approximate surface area is 467 Å². The Bertz CT molecular complexity index is 2930. The van der Waals surface area contributed by atoms with Crippen molar-refractivity contribution in [2.24, 2.45) is 0 Å². The van der Waals surface area contributed by atoms with Crippen LogP contribution in [0.2, 0.25) is 0 Å². The lowest BCUT2D eigenvalue weighted by atomic mass is 10.0. The summed E-state index contributed by atoms with van der Waals surface area (Å²) >= 11 is 0. The van der Waals surface area contributed by atoms with E-state index in [1.54, 1.807) is 24.3 Å². The number of benzene rings is 6. The van der Waals surface area contributed by atoms with Crippen molar-refractivity contribution in [3.05, 3.63) is 218 Å². The minimum Gasteiger partial charge on any atom is -0.490 e. The molecule has 21 nitrogen and oxygen atoms in total. The fourth-order valence-electron chi connectivity index (χ4n) is 7.95. The Hall–Kier alpha value is -10.7. The van der Waals surface area contributed by atoms with Gasteiger partial charge in [0, 0.05) is 0 Å². The number of ether oxygens (including phenoxy) is 5. The van der Waals surface area contributed by atoms with Crippen LogP contribution in [-0.2, 0) is 32.8 Å². The number of hydrogen-bond donors (Lipinski definition) is 8. The average Bonchev–Trinajstić information content (AvgIpc) is 3.50. The Balaban J connectivity index is 1.02. The summed E-state index contributed by atoms with van der Waals surface area (Å²) in [5.41, 5.74) is 0.944. The van der Waals surface area contributed by atoms with E-state index < -0.39 is 47.8 Å². The van der Waals surface area contributed by atoms with Crippen molar-refractivity contribution in [1.82, 2.24) is 0 Å². The molecular formula is C61H54O21. The lowest BCUT2D eigenvalue weighted by Gasteiger charge is -2.14. The minimum atomic E-state index is -1.35. The van der Waals surface area contributed by atoms with Crippen molar-refractivity contribution < 1.29 is 103 Å². The third kappa shape index (κ3) is 19.0. The van der Waals surface area contributed by atoms with Crippen LogP contribution in [0.3, 0.4) is 0 Å². The van der Waals surface area contributed by atoms with Gasteiger partial charge in [-0.25, -0.2) is 38.4 Å². The van der Waals surface area contributed by atoms with E-state index >= 15 is 0 Å². The maximum absolute atomic E-state index is 11.7. The van der Waals surface area contributed by atoms with Crippen LogP contribution in [-0.4, -0.2) is 95.2 Å². The summed E-state index contributed by atoms with van der Waals surface area (Å²) < 4.78 is 29.4. The average molecular weight is 1120 g/mol. The van der Waals surface area contributed by atoms with Gasteiger partial charge in [-0.2, -0.15) is 0 Å². The summed E-state index contributed by atoms with van der Waals surface area (Å²) in [5.74, 6) is -10.3. The third-order valence-corrected chi connectivity index (χ3v) is 11.8. The first kappa shape index (κ1) is 60.5. The molecule has 0 amide bonds. The van der Waals surface area contributed by atoms with E-state index in [-0.39, 0.29) is 101 Å². The van der Waals surface area contributed by atoms with Gasteiger partial charge in [-0.1, -0.05) is 48.6 Å². The number of allylic oxidation sites excluding steroid dienone is 5. The second kappa shape index (κ2) is 29.3. The zero-order valence-electron chi connectivity index (χ0n) is 43.5. The van der Waals surface area contributed by atoms with Crippen molar-refractivity contribution in [3.8, 4) is 28.7 Å². The SMILES string of the molecule is O=C(O)c1cc(OCc2cc(CC/C=C/CC/C=C/CC/C=C/COc3cc(COc4cc(C(=O)O)cc(C(=O)O)c4)cc(COc4cc(C(=O)O)cc(C(=O)O)c4)c3)cc(COc3cc(C(=O)O)cc(C(=O)O)c3)c2)cc(C(=O)O)c1. The highest BCUT2D eigenvalue weighted by Gasteiger charge is 2.18. The Morgan fingerprint density at radius 2 is 0.476 bits per heavy atom. The summed E-state index contributed by atoms with van der Waals surface area (Å²) in [7, 11) is 0. The van der Waals surface area contributed by atoms with Crippen molar-refractivity contribution in [2.45, 2.75) is 65.0 Å². The highest BCUT2D eigenvalue weighted by molar-refractivity contribution is 5.97. The normalized spacial score (nSPS) is 11.1. The number of hydrogen-bond acceptors (Lipinski definition) is 13. The number of rotatable bonds is 32. The van der Waals surface area contributed by atoms with Gasteiger partial charge in [0.2, 0.25) is 0 Å². The second-order valence-corrected chi connectivity index (χ2v) is 18.1. The molecule has 0 radical (unpaired) electrons. The van der Waals surface area contributed by atoms with Crippen LogP contribution in [0, 0.1) is 0 Å². The van der Waals surface area contributed by atoms with Crippen LogP contribution in [0.15, 0.2) is 146 Å². The van der Waals surface area contributed by atoms with Gasteiger partial charge >= 0.3 is 47.8 Å². The molecule has 82 heavy (non-hydrogen) atoms. The van der Waals surface area contributed by atoms with E-state index in [1.165, 1.54) is 48.5 Å². The molecule has 6 aromatic rings. The summed E-state index contributed by atoms with van der Waals surface area (Å²) in [6.07, 6.45) is 16.2. The lowest BCUT2D eigenvalue weighted by Crippen LogP contribution is -2.06. The highest BCUT2D eigenvalue weighted by Crippen LogP contribution is 2.27. The summed E-state index contributed by atoms with van der Waals surface area (Å²) in [6, 6.07) is 24.1. The fraction of sp³-hybridized carbons (Fsp3) is 0.180. The molecule has 0 saturated carbocycles. The number of unbranched alkanes of at least 4 members (excludes halogenated alkanes) is 2. The number of carboxylic acid groups (broad SMARTS) is 8. The fourth-order valence-corrected chi connectivity index (χ4v) is 7.95. The van der Waals surface area contributed by atoms with E-state index in [1.807, 2.05) is 30.4 Å². The van der Waals surface area contributed by atoms with Crippen molar-refractivity contribution in [1.29, 1.82) is 0 Å². The molecular weight excluding hydrogens is 1070 g/mol. The highest BCUT2D eigenvalue weighted by atomic mass is 16.5. The molecule has 0 unspecified atom stereocenters. The summed E-state index contributed by atoms with van der Waals surface area (Å²) in [5, 5.41) is 76.0. The lowest BCUT2D eigenvalue weighted by molar-refractivity contribution is 0.0675. The van der Waals surface area contributed by atoms with Crippen molar-refractivity contribution in [3.63, 3.8) is 0 Å². The molecule has 6 rings (SSSR count). The smallest absolute Gasteiger partial charge is 0.335 e. The quantitative estimate of drug-likeness (QED) is 0.0144. The molecule has 424 valence electrons. The molecule has 0 atom stereocenters. The van der Waals surface area contributed by atoms with Crippen molar-refractivity contribution >= 4 is 47.8 Å². The first-order valence-electron chi connectivity index (χ1n) is 25.0. The van der Waals surface area contributed by atoms with Gasteiger partial charge in [0.25, 0.3) is 0 Å². The number of carboxylic acids is 8. The van der Waals surface area contributed by atoms with Crippen LogP contribution in [0.5, 0.6) is 28.7 Å². The third-order valence-electron chi connectivity index (χ3n) is 11.8. The van der Waals surface area contributed by atoms with E-state index in [0.29, 0.717) is 47.3 Å². The molecule has 0 heterocycles. The number of aromatic carboxylic acids is 8. The van der Waals surface area contributed by atoms with Crippen LogP contribution >= 0.6 is 0 Å². The predicted molar refractivity (Wildman–Crippen MR) is 291 cm³/mol. The van der Waals surface area contributed by atoms with Crippen molar-refractivity contribution in [2.75, 3.05) is 6.61 Å². The van der Waals surface area contributed by atoms with Crippen LogP contribution < -0.4 is 23.7 Å². The molecule has 0 spiro atoms. The summed E-state index contributed by atoms with van der Waals surface area (Å²) in [6.45, 7) is -0.298. The van der Waals surface area contributed by atoms with E-state index in [9.17, 15) is 79.2 Å². The maximum Gasteiger partial charge on any atom is 0.335 e. The number of aryl methyl sites for hydroxylation is 1. The van der Waals surface area contributed by atoms with Gasteiger partial charge < -0.3 is 64.5 Å². The van der Waals surface area contributed by atoms with Gasteiger partial charge in [0.15, 0.2) is 0 Å². The summed E-state index contributed by atoms with van der Waals surface area (Å²) in [4.78, 5) is 93.3. The molecule has 0 fully saturated rings. The van der Waals surface area contributed by atoms with Crippen LogP contribution in [0.4, 0.5) is 0 Å². The maximum atomic E-state index is 11.7. The zero-order chi connectivity index (χ0) is 59.3. The van der Waals surface area contributed by atoms with Gasteiger partial charge in [0.05, 0.1) is 44.5 Å². The van der Waals surface area contributed by atoms with E-state index in [2.05, 4.69) is 18.2 Å². The van der Waals surface area contributed by atoms with Crippen LogP contribution in [0.1, 0.15) is 143 Å². The molecule has 0 aliphatic carbocycles. The van der Waals surface area contributed by atoms with Gasteiger partial charge in [-0.3, -0.25) is 0 Å². The molecule has 0 aliphatic heterocycles. The monoisotopic (exact) mass is 1120 g/mol. The molecule has 0 saturated heterocycles. The molecule has 21 heteroatoms. The van der Waals surface area contributed by atoms with Crippen LogP contribution in [0.25, 0.3) is 0 Å². The van der Waals surface area contributed by atoms with Gasteiger partial charge in [-0.15, -0.1) is 0 Å². The first-order valence-corrected chi connectivity index (χ1v) is 25.0. The molecule has 0 bridgehead atoms. The Morgan fingerprint density at radius 3 is 0.744 bits per heavy atom.